The summed E-state index contributed by atoms with van der Waals surface area (Å²) < 4.78 is 34.5. The Labute approximate surface area is 308 Å². The Hall–Kier alpha value is -1.28. The maximum Gasteiger partial charge on any atom is 0.306 e. The van der Waals surface area contributed by atoms with Crippen LogP contribution in [0.1, 0.15) is 162 Å². The van der Waals surface area contributed by atoms with Crippen LogP contribution >= 0.6 is 7.82 Å². The highest BCUT2D eigenvalue weighted by molar-refractivity contribution is 7.45. The van der Waals surface area contributed by atoms with E-state index in [2.05, 4.69) is 50.3 Å². The van der Waals surface area contributed by atoms with E-state index >= 15 is 0 Å². The smallest absolute Gasteiger partial charge is 0.306 e. The highest BCUT2D eigenvalue weighted by Crippen LogP contribution is 2.38. The van der Waals surface area contributed by atoms with Crippen LogP contribution < -0.4 is 4.89 Å². The maximum absolute atomic E-state index is 12.6. The van der Waals surface area contributed by atoms with Crippen molar-refractivity contribution in [2.24, 2.45) is 0 Å². The molecule has 0 aliphatic carbocycles. The predicted molar refractivity (Wildman–Crippen MR) is 208 cm³/mol. The summed E-state index contributed by atoms with van der Waals surface area (Å²) in [6, 6.07) is 0. The summed E-state index contributed by atoms with van der Waals surface area (Å²) in [5.41, 5.74) is 0. The summed E-state index contributed by atoms with van der Waals surface area (Å²) in [7, 11) is 1.35. The molecule has 0 saturated carbocycles. The van der Waals surface area contributed by atoms with Gasteiger partial charge in [0.2, 0.25) is 0 Å². The second kappa shape index (κ2) is 34.8. The number of phosphoric acid groups is 1. The van der Waals surface area contributed by atoms with Crippen LogP contribution in [0.5, 0.6) is 0 Å². The van der Waals surface area contributed by atoms with Gasteiger partial charge in [-0.1, -0.05) is 147 Å². The van der Waals surface area contributed by atoms with E-state index in [0.29, 0.717) is 24.1 Å². The van der Waals surface area contributed by atoms with Crippen molar-refractivity contribution < 1.29 is 37.3 Å². The van der Waals surface area contributed by atoms with Crippen LogP contribution in [0, 0.1) is 0 Å². The summed E-state index contributed by atoms with van der Waals surface area (Å²) in [4.78, 5) is 24.9. The molecule has 50 heavy (non-hydrogen) atoms. The second-order valence-electron chi connectivity index (χ2n) is 14.6. The van der Waals surface area contributed by atoms with Crippen molar-refractivity contribution in [1.82, 2.24) is 0 Å². The first-order chi connectivity index (χ1) is 24.1. The lowest BCUT2D eigenvalue weighted by atomic mass is 10.0. The number of unbranched alkanes of at least 4 members (excludes halogenated alkanes) is 17. The average molecular weight is 728 g/mol. The molecule has 0 spiro atoms. The Bertz CT molecular complexity index is 900. The number of nitrogens with zero attached hydrogens (tertiary/aromatic N) is 1. The van der Waals surface area contributed by atoms with Crippen molar-refractivity contribution in [2.75, 3.05) is 54.1 Å². The summed E-state index contributed by atoms with van der Waals surface area (Å²) in [6.07, 6.45) is 38.6. The predicted octanol–water partition coefficient (Wildman–Crippen LogP) is 10.8. The lowest BCUT2D eigenvalue weighted by Gasteiger charge is -2.28. The zero-order valence-electron chi connectivity index (χ0n) is 33.1. The molecule has 2 unspecified atom stereocenters. The molecule has 0 aliphatic rings. The molecule has 0 fully saturated rings. The largest absolute Gasteiger partial charge is 0.756 e. The number of quaternary nitrogens is 1. The van der Waals surface area contributed by atoms with Gasteiger partial charge in [-0.3, -0.25) is 9.36 Å². The molecule has 0 amide bonds. The molecule has 0 aromatic rings. The van der Waals surface area contributed by atoms with Gasteiger partial charge in [0.25, 0.3) is 7.82 Å². The van der Waals surface area contributed by atoms with Gasteiger partial charge in [0.05, 0.1) is 34.4 Å². The molecule has 0 aliphatic heterocycles. The molecular weight excluding hydrogens is 649 g/mol. The molecule has 0 N–H and O–H groups in total. The Kier molecular flexibility index (Phi) is 33.9. The lowest BCUT2D eigenvalue weighted by molar-refractivity contribution is -0.870. The minimum absolute atomic E-state index is 0.0237. The van der Waals surface area contributed by atoms with Gasteiger partial charge >= 0.3 is 5.97 Å². The first-order valence-corrected chi connectivity index (χ1v) is 21.7. The third-order valence-electron chi connectivity index (χ3n) is 8.46. The molecule has 2 atom stereocenters. The molecule has 0 heterocycles. The average Bonchev–Trinajstić information content (AvgIpc) is 3.06. The molecule has 0 radical (unpaired) electrons. The van der Waals surface area contributed by atoms with Gasteiger partial charge in [0.1, 0.15) is 19.3 Å². The Morgan fingerprint density at radius 3 is 1.74 bits per heavy atom. The van der Waals surface area contributed by atoms with Crippen LogP contribution in [0.15, 0.2) is 36.5 Å². The van der Waals surface area contributed by atoms with Crippen molar-refractivity contribution in [2.45, 2.75) is 168 Å². The van der Waals surface area contributed by atoms with Gasteiger partial charge in [0.15, 0.2) is 0 Å². The molecule has 0 aromatic heterocycles. The zero-order chi connectivity index (χ0) is 37.0. The van der Waals surface area contributed by atoms with Gasteiger partial charge in [0, 0.05) is 13.0 Å². The molecule has 0 aromatic carbocycles. The number of hydrogen-bond acceptors (Lipinski definition) is 7. The number of hydrogen-bond donors (Lipinski definition) is 0. The molecule has 8 nitrogen and oxygen atoms in total. The van der Waals surface area contributed by atoms with Crippen molar-refractivity contribution >= 4 is 13.8 Å². The van der Waals surface area contributed by atoms with E-state index in [1.807, 2.05) is 21.1 Å². The number of esters is 1. The number of rotatable bonds is 37. The van der Waals surface area contributed by atoms with E-state index < -0.39 is 13.9 Å². The topological polar surface area (TPSA) is 94.1 Å². The van der Waals surface area contributed by atoms with Crippen LogP contribution in [0.25, 0.3) is 0 Å². The summed E-state index contributed by atoms with van der Waals surface area (Å²) in [5, 5.41) is 0. The zero-order valence-corrected chi connectivity index (χ0v) is 34.0. The first-order valence-electron chi connectivity index (χ1n) is 20.2. The molecule has 294 valence electrons. The molecule has 0 saturated heterocycles. The van der Waals surface area contributed by atoms with Gasteiger partial charge in [-0.05, 0) is 44.9 Å². The number of ether oxygens (including phenoxy) is 2. The molecule has 9 heteroatoms. The fourth-order valence-corrected chi connectivity index (χ4v) is 6.05. The Morgan fingerprint density at radius 2 is 1.16 bits per heavy atom. The number of phosphoric ester groups is 1. The highest BCUT2D eigenvalue weighted by Gasteiger charge is 2.20. The number of allylic oxidation sites excluding steroid dienone is 6. The Morgan fingerprint density at radius 1 is 0.640 bits per heavy atom. The maximum atomic E-state index is 12.6. The molecule has 0 rings (SSSR count). The van der Waals surface area contributed by atoms with Crippen LogP contribution in [-0.4, -0.2) is 70.7 Å². The fraction of sp³-hybridized carbons (Fsp3) is 0.829. The van der Waals surface area contributed by atoms with Crippen LogP contribution in [-0.2, 0) is 27.9 Å². The lowest BCUT2D eigenvalue weighted by Crippen LogP contribution is -2.37. The summed E-state index contributed by atoms with van der Waals surface area (Å²) in [5.74, 6) is -0.341. The van der Waals surface area contributed by atoms with E-state index in [0.717, 1.165) is 64.2 Å². The second-order valence-corrected chi connectivity index (χ2v) is 16.0. The quantitative estimate of drug-likeness (QED) is 0.0207. The Balaban J connectivity index is 4.28. The van der Waals surface area contributed by atoms with Gasteiger partial charge in [-0.15, -0.1) is 0 Å². The minimum Gasteiger partial charge on any atom is -0.756 e. The van der Waals surface area contributed by atoms with E-state index in [1.165, 1.54) is 77.0 Å². The fourth-order valence-electron chi connectivity index (χ4n) is 5.32. The SMILES string of the molecule is CC/C=C\C/C=C\C/C=C\CCCCCCCCOCC(COP(=O)([O-])OCC[N+](C)(C)C)OC(=O)CCCCCCCCCCCCCC. The van der Waals surface area contributed by atoms with E-state index in [1.54, 1.807) is 0 Å². The van der Waals surface area contributed by atoms with Crippen LogP contribution in [0.4, 0.5) is 0 Å². The van der Waals surface area contributed by atoms with Crippen molar-refractivity contribution in [3.05, 3.63) is 36.5 Å². The van der Waals surface area contributed by atoms with Gasteiger partial charge in [-0.2, -0.15) is 0 Å². The van der Waals surface area contributed by atoms with Crippen LogP contribution in [0.2, 0.25) is 0 Å². The first kappa shape index (κ1) is 48.7. The minimum atomic E-state index is -4.52. The third kappa shape index (κ3) is 38.0. The van der Waals surface area contributed by atoms with E-state index in [9.17, 15) is 14.3 Å². The van der Waals surface area contributed by atoms with Crippen molar-refractivity contribution in [3.8, 4) is 0 Å². The van der Waals surface area contributed by atoms with E-state index in [4.69, 9.17) is 18.5 Å². The van der Waals surface area contributed by atoms with E-state index in [-0.39, 0.29) is 25.8 Å². The number of carbonyl (C=O) groups is 1. The highest BCUT2D eigenvalue weighted by atomic mass is 31.2. The standard InChI is InChI=1S/C41H78NO7P/c1-6-8-10-12-14-16-18-20-21-22-23-25-27-29-31-33-36-46-38-40(39-48-50(44,45)47-37-35-42(3,4)5)49-41(43)34-32-30-28-26-24-19-17-15-13-11-9-7-2/h8,10,14,16,20-21,40H,6-7,9,11-13,15,17-19,22-39H2,1-5H3/b10-8-,16-14-,21-20-. The van der Waals surface area contributed by atoms with Crippen LogP contribution in [0.3, 0.4) is 0 Å². The number of carbonyl (C=O) groups excluding carboxylic acids is 1. The van der Waals surface area contributed by atoms with Gasteiger partial charge < -0.3 is 27.9 Å². The number of likely N-dealkylation sites (N-methyl/N-ethyl adjacent to an activating group) is 1. The molecule has 0 bridgehead atoms. The van der Waals surface area contributed by atoms with Crippen molar-refractivity contribution in [3.63, 3.8) is 0 Å². The monoisotopic (exact) mass is 728 g/mol. The van der Waals surface area contributed by atoms with Gasteiger partial charge in [-0.25, -0.2) is 0 Å². The third-order valence-corrected chi connectivity index (χ3v) is 9.42. The summed E-state index contributed by atoms with van der Waals surface area (Å²) >= 11 is 0. The molecular formula is C41H78NO7P. The normalized spacial score (nSPS) is 14.3. The summed E-state index contributed by atoms with van der Waals surface area (Å²) in [6.45, 7) is 5.26. The van der Waals surface area contributed by atoms with Crippen molar-refractivity contribution in [1.29, 1.82) is 0 Å².